The van der Waals surface area contributed by atoms with Crippen molar-refractivity contribution in [1.29, 1.82) is 0 Å². The van der Waals surface area contributed by atoms with Crippen LogP contribution in [0.5, 0.6) is 0 Å². The van der Waals surface area contributed by atoms with E-state index in [2.05, 4.69) is 30.9 Å². The number of carbonyl (C=O) groups excluding carboxylic acids is 6. The summed E-state index contributed by atoms with van der Waals surface area (Å²) in [7, 11) is 0. The first-order chi connectivity index (χ1) is 32.6. The Morgan fingerprint density at radius 1 is 0.471 bits per heavy atom. The summed E-state index contributed by atoms with van der Waals surface area (Å²) in [4.78, 5) is 96.9. The van der Waals surface area contributed by atoms with E-state index in [1.807, 2.05) is 6.92 Å². The Bertz CT molecular complexity index is 1660. The molecule has 15 N–H and O–H groups in total. The van der Waals surface area contributed by atoms with Crippen LogP contribution in [-0.4, -0.2) is 90.7 Å². The topological polar surface area (TPSA) is 332 Å². The summed E-state index contributed by atoms with van der Waals surface area (Å²) in [6, 6.07) is -2.82. The number of primary amides is 1. The number of nitrogens with zero attached hydrogens (tertiary/aromatic N) is 3. The highest BCUT2D eigenvalue weighted by Crippen LogP contribution is 2.34. The number of carbonyl (C=O) groups is 6. The number of amidine groups is 1. The number of nitrogens with two attached hydrogens (primary N) is 6. The fraction of sp³-hybridized carbons (Fsp3) is 0.820. The van der Waals surface area contributed by atoms with Crippen LogP contribution in [0.25, 0.3) is 0 Å². The molecule has 0 aromatic carbocycles. The SMILES string of the molecule is CCC(CC1CCCCC1)C(=O)N[C@H](CCCN=C(N)N)C(=O)C[C@@H](CC1CCCCC1)C(=O)N[C@H](CCCN=C(N)N)C(=O)C[C@@H](CC1CCCCC1)C(=O)N[C@H](CCCN=C(C)N)C(N)=O. The van der Waals surface area contributed by atoms with Gasteiger partial charge in [0, 0.05) is 50.2 Å². The van der Waals surface area contributed by atoms with Gasteiger partial charge in [0.05, 0.1) is 17.9 Å². The monoisotopic (exact) mass is 955 g/mol. The van der Waals surface area contributed by atoms with Crippen molar-refractivity contribution in [2.24, 2.45) is 84.9 Å². The molecule has 0 saturated heterocycles. The molecule has 3 aliphatic carbocycles. The van der Waals surface area contributed by atoms with Gasteiger partial charge in [-0.1, -0.05) is 103 Å². The molecular formula is C50H90N12O6. The van der Waals surface area contributed by atoms with Crippen LogP contribution in [0, 0.1) is 35.5 Å². The van der Waals surface area contributed by atoms with E-state index in [0.29, 0.717) is 63.2 Å². The summed E-state index contributed by atoms with van der Waals surface area (Å²) in [6.07, 6.45) is 19.9. The Hall–Kier alpha value is -4.77. The number of Topliss-reactive ketones (excluding diaryl/α,β-unsaturated/α-hetero) is 2. The molecule has 386 valence electrons. The lowest BCUT2D eigenvalue weighted by molar-refractivity contribution is -0.136. The van der Waals surface area contributed by atoms with Gasteiger partial charge in [-0.05, 0) is 88.9 Å². The van der Waals surface area contributed by atoms with E-state index in [9.17, 15) is 28.8 Å². The summed E-state index contributed by atoms with van der Waals surface area (Å²) in [5.41, 5.74) is 33.9. The fourth-order valence-electron chi connectivity index (χ4n) is 10.6. The molecule has 0 aromatic rings. The standard InChI is InChI=1S/C50H90N12O6/c1-3-37(28-34-16-7-4-8-17-34)46(66)60-40(22-13-26-58-49(53)54)43(63)31-38(29-35-18-9-5-10-19-35)47(67)61-41(23-14-27-59-50(55)56)44(64)32-39(30-36-20-11-6-12-21-36)48(68)62-42(45(52)65)24-15-25-57-33(2)51/h34-42H,3-32H2,1-2H3,(H2,51,57)(H2,52,65)(H,60,66)(H,61,67)(H,62,68)(H4,53,54,58)(H4,55,56,59)/t37?,38-,39-,40-,41-,42-/m1/s1. The van der Waals surface area contributed by atoms with Crippen molar-refractivity contribution >= 4 is 52.9 Å². The quantitative estimate of drug-likeness (QED) is 0.0260. The Labute approximate surface area is 406 Å². The molecule has 0 bridgehead atoms. The first-order valence-corrected chi connectivity index (χ1v) is 26.2. The number of hydrogen-bond acceptors (Lipinski definition) is 9. The zero-order valence-corrected chi connectivity index (χ0v) is 41.7. The van der Waals surface area contributed by atoms with Crippen molar-refractivity contribution in [2.75, 3.05) is 19.6 Å². The number of aliphatic imine (C=N–C) groups is 3. The Kier molecular flexibility index (Phi) is 27.2. The molecular weight excluding hydrogens is 865 g/mol. The van der Waals surface area contributed by atoms with Crippen LogP contribution in [0.4, 0.5) is 0 Å². The highest BCUT2D eigenvalue weighted by Gasteiger charge is 2.36. The average molecular weight is 955 g/mol. The van der Waals surface area contributed by atoms with Crippen molar-refractivity contribution in [3.63, 3.8) is 0 Å². The zero-order valence-electron chi connectivity index (χ0n) is 41.7. The Morgan fingerprint density at radius 3 is 1.13 bits per heavy atom. The van der Waals surface area contributed by atoms with Crippen molar-refractivity contribution in [2.45, 2.75) is 205 Å². The molecule has 3 rings (SSSR count). The lowest BCUT2D eigenvalue weighted by Crippen LogP contribution is -2.49. The summed E-state index contributed by atoms with van der Waals surface area (Å²) in [5.74, 6) is -2.88. The Morgan fingerprint density at radius 2 is 0.794 bits per heavy atom. The number of nitrogens with one attached hydrogen (secondary N) is 3. The predicted octanol–water partition coefficient (Wildman–Crippen LogP) is 4.28. The van der Waals surface area contributed by atoms with Crippen LogP contribution in [0.3, 0.4) is 0 Å². The number of ketones is 2. The van der Waals surface area contributed by atoms with Crippen molar-refractivity contribution < 1.29 is 28.8 Å². The van der Waals surface area contributed by atoms with Crippen LogP contribution < -0.4 is 50.4 Å². The first kappa shape index (κ1) is 57.5. The van der Waals surface area contributed by atoms with Crippen molar-refractivity contribution in [3.05, 3.63) is 0 Å². The summed E-state index contributed by atoms with van der Waals surface area (Å²) in [6.45, 7) is 4.55. The van der Waals surface area contributed by atoms with Gasteiger partial charge in [-0.2, -0.15) is 0 Å². The molecule has 3 fully saturated rings. The number of guanidine groups is 2. The van der Waals surface area contributed by atoms with Gasteiger partial charge in [0.25, 0.3) is 0 Å². The van der Waals surface area contributed by atoms with Crippen LogP contribution in [-0.2, 0) is 28.8 Å². The maximum absolute atomic E-state index is 14.7. The van der Waals surface area contributed by atoms with E-state index in [-0.39, 0.29) is 85.9 Å². The largest absolute Gasteiger partial charge is 0.388 e. The van der Waals surface area contributed by atoms with Crippen LogP contribution in [0.15, 0.2) is 15.0 Å². The molecule has 4 amide bonds. The van der Waals surface area contributed by atoms with E-state index < -0.39 is 47.7 Å². The van der Waals surface area contributed by atoms with Crippen molar-refractivity contribution in [3.8, 4) is 0 Å². The van der Waals surface area contributed by atoms with Gasteiger partial charge in [0.15, 0.2) is 23.5 Å². The first-order valence-electron chi connectivity index (χ1n) is 26.2. The minimum Gasteiger partial charge on any atom is -0.388 e. The average Bonchev–Trinajstić information content (AvgIpc) is 3.31. The molecule has 18 nitrogen and oxygen atoms in total. The molecule has 18 heteroatoms. The molecule has 0 aromatic heterocycles. The molecule has 0 radical (unpaired) electrons. The van der Waals surface area contributed by atoms with E-state index in [0.717, 1.165) is 83.5 Å². The fourth-order valence-corrected chi connectivity index (χ4v) is 10.6. The molecule has 6 atom stereocenters. The second kappa shape index (κ2) is 32.1. The van der Waals surface area contributed by atoms with Gasteiger partial charge < -0.3 is 50.4 Å². The van der Waals surface area contributed by atoms with E-state index >= 15 is 0 Å². The maximum Gasteiger partial charge on any atom is 0.240 e. The second-order valence-electron chi connectivity index (χ2n) is 20.2. The maximum atomic E-state index is 14.7. The molecule has 1 unspecified atom stereocenters. The van der Waals surface area contributed by atoms with Crippen LogP contribution in [0.1, 0.15) is 187 Å². The molecule has 3 aliphatic rings. The molecule has 0 spiro atoms. The van der Waals surface area contributed by atoms with Crippen LogP contribution in [0.2, 0.25) is 0 Å². The molecule has 68 heavy (non-hydrogen) atoms. The van der Waals surface area contributed by atoms with Gasteiger partial charge in [-0.3, -0.25) is 43.7 Å². The lowest BCUT2D eigenvalue weighted by atomic mass is 9.79. The smallest absolute Gasteiger partial charge is 0.240 e. The lowest BCUT2D eigenvalue weighted by Gasteiger charge is -2.30. The van der Waals surface area contributed by atoms with Crippen molar-refractivity contribution in [1.82, 2.24) is 16.0 Å². The minimum absolute atomic E-state index is 0.0578. The number of amides is 4. The third kappa shape index (κ3) is 23.0. The highest BCUT2D eigenvalue weighted by molar-refractivity contribution is 5.96. The number of hydrogen-bond donors (Lipinski definition) is 9. The number of rotatable bonds is 32. The van der Waals surface area contributed by atoms with Gasteiger partial charge in [-0.25, -0.2) is 0 Å². The van der Waals surface area contributed by atoms with Gasteiger partial charge in [0.2, 0.25) is 23.6 Å². The van der Waals surface area contributed by atoms with Gasteiger partial charge in [-0.15, -0.1) is 0 Å². The van der Waals surface area contributed by atoms with Gasteiger partial charge >= 0.3 is 0 Å². The van der Waals surface area contributed by atoms with E-state index in [1.54, 1.807) is 6.92 Å². The summed E-state index contributed by atoms with van der Waals surface area (Å²) in [5, 5.41) is 9.00. The second-order valence-corrected chi connectivity index (χ2v) is 20.2. The molecule has 0 aliphatic heterocycles. The normalized spacial score (nSPS) is 19.0. The van der Waals surface area contributed by atoms with E-state index in [4.69, 9.17) is 34.4 Å². The Balaban J connectivity index is 1.90. The van der Waals surface area contributed by atoms with Crippen LogP contribution >= 0.6 is 0 Å². The predicted molar refractivity (Wildman–Crippen MR) is 270 cm³/mol. The third-order valence-electron chi connectivity index (χ3n) is 14.5. The third-order valence-corrected chi connectivity index (χ3v) is 14.5. The summed E-state index contributed by atoms with van der Waals surface area (Å²) < 4.78 is 0. The highest BCUT2D eigenvalue weighted by atomic mass is 16.2. The molecule has 0 heterocycles. The summed E-state index contributed by atoms with van der Waals surface area (Å²) >= 11 is 0. The minimum atomic E-state index is -1.01. The van der Waals surface area contributed by atoms with E-state index in [1.165, 1.54) is 19.3 Å². The van der Waals surface area contributed by atoms with Gasteiger partial charge in [0.1, 0.15) is 6.04 Å². The molecule has 3 saturated carbocycles. The zero-order chi connectivity index (χ0) is 49.8.